The van der Waals surface area contributed by atoms with E-state index in [2.05, 4.69) is 20.0 Å². The Bertz CT molecular complexity index is 762. The van der Waals surface area contributed by atoms with Crippen molar-refractivity contribution >= 4 is 28.9 Å². The molecule has 0 bridgehead atoms. The molecule has 6 radical (unpaired) electrons. The van der Waals surface area contributed by atoms with Crippen molar-refractivity contribution in [3.05, 3.63) is 73.4 Å². The number of carboxylic acid groups (broad SMARTS) is 1. The quantitative estimate of drug-likeness (QED) is 0.113. The van der Waals surface area contributed by atoms with Crippen LogP contribution in [0.15, 0.2) is 12.1 Å². The molecule has 2 rings (SSSR count). The number of ketones is 2. The Balaban J connectivity index is -0.00000144. The van der Waals surface area contributed by atoms with Gasteiger partial charge in [0.15, 0.2) is 5.78 Å². The molecule has 1 aromatic rings. The number of aliphatic carboxylic acids is 1. The van der Waals surface area contributed by atoms with Crippen molar-refractivity contribution in [2.45, 2.75) is 77.0 Å². The van der Waals surface area contributed by atoms with Gasteiger partial charge in [0.25, 0.3) is 0 Å². The molecule has 36 heavy (non-hydrogen) atoms. The molecule has 0 spiro atoms. The zero-order valence-corrected chi connectivity index (χ0v) is 22.8. The minimum absolute atomic E-state index is 0. The molecule has 0 amide bonds. The summed E-state index contributed by atoms with van der Waals surface area (Å²) in [5.41, 5.74) is 0. The number of hydrogen-bond acceptors (Lipinski definition) is 4. The SMILES string of the molecule is O=C(O)CCc1ccc(C(=O)CCCCCCCCCCC(=O)[C]2[CH][CH][CH][CH]2)s1.[99Tc].[C-]#[O+].[C-]#[O+].[C-]#[O+]. The second-order valence-corrected chi connectivity index (χ2v) is 8.68. The van der Waals surface area contributed by atoms with Gasteiger partial charge in [0.2, 0.25) is 0 Å². The number of rotatable bonds is 16. The van der Waals surface area contributed by atoms with Crippen LogP contribution in [0.5, 0.6) is 0 Å². The van der Waals surface area contributed by atoms with Crippen LogP contribution < -0.4 is 0 Å². The normalized spacial score (nSPS) is 11.7. The molecule has 1 aliphatic carbocycles. The van der Waals surface area contributed by atoms with E-state index in [1.807, 2.05) is 37.8 Å². The Labute approximate surface area is 232 Å². The fourth-order valence-electron chi connectivity index (χ4n) is 3.35. The van der Waals surface area contributed by atoms with Crippen LogP contribution in [0.2, 0.25) is 0 Å². The molecular formula is C27H31O7STc. The van der Waals surface area contributed by atoms with Gasteiger partial charge >= 0.3 is 39.9 Å². The van der Waals surface area contributed by atoms with E-state index >= 15 is 0 Å². The van der Waals surface area contributed by atoms with E-state index in [0.717, 1.165) is 47.8 Å². The molecule has 1 fully saturated rings. The summed E-state index contributed by atoms with van der Waals surface area (Å²) in [5.74, 6) is 0.446. The molecule has 1 heterocycles. The maximum atomic E-state index is 12.2. The second-order valence-electron chi connectivity index (χ2n) is 7.51. The molecule has 1 aliphatic rings. The van der Waals surface area contributed by atoms with Gasteiger partial charge in [0.1, 0.15) is 5.78 Å². The molecule has 0 atom stereocenters. The summed E-state index contributed by atoms with van der Waals surface area (Å²) < 4.78 is 22.5. The molecule has 1 aromatic heterocycles. The predicted molar refractivity (Wildman–Crippen MR) is 128 cm³/mol. The van der Waals surface area contributed by atoms with Crippen molar-refractivity contribution in [2.75, 3.05) is 0 Å². The Morgan fingerprint density at radius 2 is 1.14 bits per heavy atom. The van der Waals surface area contributed by atoms with Crippen LogP contribution >= 0.6 is 11.3 Å². The molecule has 1 N–H and O–H groups in total. The topological polar surface area (TPSA) is 131 Å². The number of carbonyl (C=O) groups excluding carboxylic acids is 2. The van der Waals surface area contributed by atoms with Gasteiger partial charge in [-0.15, -0.1) is 11.3 Å². The summed E-state index contributed by atoms with van der Waals surface area (Å²) in [6.45, 7) is 13.5. The van der Waals surface area contributed by atoms with Gasteiger partial charge in [0, 0.05) is 43.7 Å². The third-order valence-electron chi connectivity index (χ3n) is 5.06. The molecule has 194 valence electrons. The summed E-state index contributed by atoms with van der Waals surface area (Å²) in [7, 11) is 0. The van der Waals surface area contributed by atoms with Crippen LogP contribution in [-0.4, -0.2) is 22.6 Å². The fourth-order valence-corrected chi connectivity index (χ4v) is 4.33. The Morgan fingerprint density at radius 1 is 0.694 bits per heavy atom. The van der Waals surface area contributed by atoms with Crippen molar-refractivity contribution in [3.63, 3.8) is 0 Å². The number of unbranched alkanes of at least 4 members (excludes halogenated alkanes) is 7. The molecule has 0 unspecified atom stereocenters. The van der Waals surface area contributed by atoms with Gasteiger partial charge in [-0.1, -0.05) is 38.5 Å². The number of Topliss-reactive ketones (excluding diaryl/α,β-unsaturated/α-hetero) is 2. The minimum atomic E-state index is -0.808. The summed E-state index contributed by atoms with van der Waals surface area (Å²) in [6, 6.07) is 3.70. The first-order valence-corrected chi connectivity index (χ1v) is 12.1. The number of thiophene rings is 1. The Hall–Kier alpha value is -1.62. The molecule has 0 aliphatic heterocycles. The summed E-state index contributed by atoms with van der Waals surface area (Å²) in [4.78, 5) is 36.4. The van der Waals surface area contributed by atoms with Gasteiger partial charge < -0.3 is 5.11 Å². The van der Waals surface area contributed by atoms with E-state index in [4.69, 9.17) is 19.1 Å². The average molecular weight is 599 g/mol. The Morgan fingerprint density at radius 3 is 1.61 bits per heavy atom. The van der Waals surface area contributed by atoms with Gasteiger partial charge in [-0.05, 0) is 57.1 Å². The van der Waals surface area contributed by atoms with Gasteiger partial charge in [-0.25, -0.2) is 0 Å². The molecule has 0 saturated heterocycles. The zero-order chi connectivity index (χ0) is 26.9. The number of aryl methyl sites for hydroxylation is 1. The van der Waals surface area contributed by atoms with E-state index in [1.54, 1.807) is 0 Å². The van der Waals surface area contributed by atoms with E-state index in [-0.39, 0.29) is 38.1 Å². The van der Waals surface area contributed by atoms with Crippen LogP contribution in [0, 0.1) is 51.6 Å². The average Bonchev–Trinajstić information content (AvgIpc) is 3.60. The van der Waals surface area contributed by atoms with Crippen molar-refractivity contribution < 1.29 is 53.6 Å². The van der Waals surface area contributed by atoms with Crippen LogP contribution in [0.1, 0.15) is 85.2 Å². The van der Waals surface area contributed by atoms with Crippen LogP contribution in [-0.2, 0) is 50.1 Å². The van der Waals surface area contributed by atoms with Crippen LogP contribution in [0.3, 0.4) is 0 Å². The van der Waals surface area contributed by atoms with Crippen molar-refractivity contribution in [2.24, 2.45) is 0 Å². The van der Waals surface area contributed by atoms with Crippen molar-refractivity contribution in [1.82, 2.24) is 0 Å². The van der Waals surface area contributed by atoms with Crippen LogP contribution in [0.4, 0.5) is 0 Å². The number of carbonyl (C=O) groups is 3. The number of hydrogen-bond donors (Lipinski definition) is 1. The molecule has 1 saturated carbocycles. The van der Waals surface area contributed by atoms with E-state index in [9.17, 15) is 14.4 Å². The maximum absolute atomic E-state index is 12.2. The standard InChI is InChI=1S/C24H31O4S.3CO.Tc/c25-21(19-11-9-10-12-19)13-7-5-3-1-2-4-6-8-14-22(26)23-17-15-20(29-23)16-18-24(27)28;3*1-2;/h9-12,15,17H,1-8,13-14,16,18H2,(H,27,28);;;;/i;;;;1+1. The molecule has 0 aromatic carbocycles. The first kappa shape index (κ1) is 38.9. The molecule has 9 heteroatoms. The summed E-state index contributed by atoms with van der Waals surface area (Å²) >= 11 is 1.43. The first-order chi connectivity index (χ1) is 17.1. The zero-order valence-electron chi connectivity index (χ0n) is 20.1. The van der Waals surface area contributed by atoms with Crippen molar-refractivity contribution in [3.8, 4) is 0 Å². The van der Waals surface area contributed by atoms with E-state index in [0.29, 0.717) is 19.3 Å². The first-order valence-electron chi connectivity index (χ1n) is 11.3. The third-order valence-corrected chi connectivity index (χ3v) is 6.25. The van der Waals surface area contributed by atoms with E-state index in [1.165, 1.54) is 30.6 Å². The van der Waals surface area contributed by atoms with Crippen molar-refractivity contribution in [1.29, 1.82) is 0 Å². The fraction of sp³-hybridized carbons (Fsp3) is 0.444. The summed E-state index contributed by atoms with van der Waals surface area (Å²) in [6.07, 6.45) is 18.1. The van der Waals surface area contributed by atoms with Gasteiger partial charge in [-0.2, -0.15) is 0 Å². The van der Waals surface area contributed by atoms with Crippen LogP contribution in [0.25, 0.3) is 0 Å². The summed E-state index contributed by atoms with van der Waals surface area (Å²) in [5, 5.41) is 8.72. The van der Waals surface area contributed by atoms with Gasteiger partial charge in [0.05, 0.1) is 11.3 Å². The predicted octanol–water partition coefficient (Wildman–Crippen LogP) is 5.71. The second kappa shape index (κ2) is 28.0. The number of carboxylic acids is 1. The molecule has 7 nitrogen and oxygen atoms in total. The Kier molecular flexibility index (Phi) is 30.2. The third kappa shape index (κ3) is 19.6. The van der Waals surface area contributed by atoms with E-state index < -0.39 is 5.97 Å². The van der Waals surface area contributed by atoms with Gasteiger partial charge in [-0.3, -0.25) is 14.4 Å². The monoisotopic (exact) mass is 598 g/mol. The molecular weight excluding hydrogens is 567 g/mol.